The standard InChI is InChI=1S/C15H16N2O/c1-12-4-2-3-5-13(12)8-9-17-11-15-7-6-14(10-16)18-15/h2-7,17H,8-9,11H2,1H3. The first-order valence-corrected chi connectivity index (χ1v) is 6.03. The zero-order chi connectivity index (χ0) is 12.8. The molecule has 0 aliphatic rings. The van der Waals surface area contributed by atoms with E-state index in [0.717, 1.165) is 18.7 Å². The van der Waals surface area contributed by atoms with Crippen LogP contribution in [0.1, 0.15) is 22.6 Å². The average molecular weight is 240 g/mol. The van der Waals surface area contributed by atoms with Gasteiger partial charge in [0.1, 0.15) is 11.8 Å². The van der Waals surface area contributed by atoms with Crippen molar-refractivity contribution in [2.75, 3.05) is 6.54 Å². The minimum absolute atomic E-state index is 0.366. The van der Waals surface area contributed by atoms with E-state index in [4.69, 9.17) is 9.68 Å². The molecular weight excluding hydrogens is 224 g/mol. The normalized spacial score (nSPS) is 10.2. The molecule has 1 heterocycles. The van der Waals surface area contributed by atoms with Gasteiger partial charge < -0.3 is 9.73 Å². The number of benzene rings is 1. The Morgan fingerprint density at radius 3 is 2.78 bits per heavy atom. The molecule has 1 aromatic heterocycles. The Morgan fingerprint density at radius 2 is 2.06 bits per heavy atom. The second-order valence-corrected chi connectivity index (χ2v) is 4.23. The van der Waals surface area contributed by atoms with E-state index in [9.17, 15) is 0 Å². The van der Waals surface area contributed by atoms with E-state index in [1.54, 1.807) is 6.07 Å². The van der Waals surface area contributed by atoms with Crippen LogP contribution in [0, 0.1) is 18.3 Å². The highest BCUT2D eigenvalue weighted by atomic mass is 16.3. The van der Waals surface area contributed by atoms with Crippen molar-refractivity contribution < 1.29 is 4.42 Å². The maximum Gasteiger partial charge on any atom is 0.203 e. The summed E-state index contributed by atoms with van der Waals surface area (Å²) in [6.45, 7) is 3.68. The first-order valence-electron chi connectivity index (χ1n) is 6.03. The van der Waals surface area contributed by atoms with Crippen LogP contribution in [0.2, 0.25) is 0 Å². The summed E-state index contributed by atoms with van der Waals surface area (Å²) in [5, 5.41) is 11.9. The van der Waals surface area contributed by atoms with E-state index in [1.807, 2.05) is 12.1 Å². The molecule has 18 heavy (non-hydrogen) atoms. The number of aryl methyl sites for hydroxylation is 1. The molecule has 2 aromatic rings. The third-order valence-corrected chi connectivity index (χ3v) is 2.90. The number of nitriles is 1. The van der Waals surface area contributed by atoms with Crippen molar-refractivity contribution in [1.82, 2.24) is 5.32 Å². The molecule has 0 spiro atoms. The van der Waals surface area contributed by atoms with E-state index < -0.39 is 0 Å². The Morgan fingerprint density at radius 1 is 1.22 bits per heavy atom. The molecule has 0 bridgehead atoms. The molecule has 1 aromatic carbocycles. The summed E-state index contributed by atoms with van der Waals surface area (Å²) < 4.78 is 5.29. The van der Waals surface area contributed by atoms with Gasteiger partial charge in [-0.1, -0.05) is 24.3 Å². The molecular formula is C15H16N2O. The minimum atomic E-state index is 0.366. The lowest BCUT2D eigenvalue weighted by molar-refractivity contribution is 0.475. The summed E-state index contributed by atoms with van der Waals surface area (Å²) in [6.07, 6.45) is 0.999. The summed E-state index contributed by atoms with van der Waals surface area (Å²) in [6, 6.07) is 13.9. The van der Waals surface area contributed by atoms with Gasteiger partial charge >= 0.3 is 0 Å². The van der Waals surface area contributed by atoms with Gasteiger partial charge in [0.05, 0.1) is 6.54 Å². The summed E-state index contributed by atoms with van der Waals surface area (Å²) >= 11 is 0. The number of hydrogen-bond donors (Lipinski definition) is 1. The first kappa shape index (κ1) is 12.4. The van der Waals surface area contributed by atoms with Crippen LogP contribution in [-0.2, 0) is 13.0 Å². The zero-order valence-corrected chi connectivity index (χ0v) is 10.4. The monoisotopic (exact) mass is 240 g/mol. The van der Waals surface area contributed by atoms with Crippen molar-refractivity contribution in [2.24, 2.45) is 0 Å². The highest BCUT2D eigenvalue weighted by Crippen LogP contribution is 2.08. The number of hydrogen-bond acceptors (Lipinski definition) is 3. The maximum atomic E-state index is 8.64. The Balaban J connectivity index is 1.77. The summed E-state index contributed by atoms with van der Waals surface area (Å²) in [7, 11) is 0. The van der Waals surface area contributed by atoms with Gasteiger partial charge in [-0.3, -0.25) is 0 Å². The fourth-order valence-corrected chi connectivity index (χ4v) is 1.86. The van der Waals surface area contributed by atoms with E-state index in [1.165, 1.54) is 11.1 Å². The van der Waals surface area contributed by atoms with E-state index >= 15 is 0 Å². The van der Waals surface area contributed by atoms with Gasteiger partial charge in [0.15, 0.2) is 0 Å². The van der Waals surface area contributed by atoms with Crippen LogP contribution >= 0.6 is 0 Å². The van der Waals surface area contributed by atoms with Crippen LogP contribution in [0.5, 0.6) is 0 Å². The van der Waals surface area contributed by atoms with Gasteiger partial charge in [-0.25, -0.2) is 0 Å². The van der Waals surface area contributed by atoms with Crippen molar-refractivity contribution in [3.05, 3.63) is 59.0 Å². The van der Waals surface area contributed by atoms with Crippen LogP contribution in [-0.4, -0.2) is 6.54 Å². The molecule has 3 heteroatoms. The Labute approximate surface area is 107 Å². The molecule has 2 rings (SSSR count). The molecule has 0 radical (unpaired) electrons. The molecule has 0 unspecified atom stereocenters. The number of furan rings is 1. The molecule has 0 aliphatic heterocycles. The molecule has 0 amide bonds. The van der Waals surface area contributed by atoms with Gasteiger partial charge in [-0.05, 0) is 43.1 Å². The molecule has 0 fully saturated rings. The molecule has 0 atom stereocenters. The Kier molecular flexibility index (Phi) is 4.16. The molecule has 0 saturated heterocycles. The molecule has 3 nitrogen and oxygen atoms in total. The molecule has 92 valence electrons. The summed E-state index contributed by atoms with van der Waals surface area (Å²) in [5.41, 5.74) is 2.69. The second kappa shape index (κ2) is 6.04. The van der Waals surface area contributed by atoms with E-state index in [-0.39, 0.29) is 0 Å². The number of nitrogens with zero attached hydrogens (tertiary/aromatic N) is 1. The molecule has 0 saturated carbocycles. The van der Waals surface area contributed by atoms with Crippen molar-refractivity contribution in [3.63, 3.8) is 0 Å². The average Bonchev–Trinajstić information content (AvgIpc) is 2.84. The number of rotatable bonds is 5. The van der Waals surface area contributed by atoms with Crippen LogP contribution in [0.25, 0.3) is 0 Å². The smallest absolute Gasteiger partial charge is 0.203 e. The van der Waals surface area contributed by atoms with Crippen LogP contribution in [0.4, 0.5) is 0 Å². The third kappa shape index (κ3) is 3.22. The SMILES string of the molecule is Cc1ccccc1CCNCc1ccc(C#N)o1. The third-order valence-electron chi connectivity index (χ3n) is 2.90. The fourth-order valence-electron chi connectivity index (χ4n) is 1.86. The topological polar surface area (TPSA) is 49.0 Å². The summed E-state index contributed by atoms with van der Waals surface area (Å²) in [4.78, 5) is 0. The lowest BCUT2D eigenvalue weighted by Crippen LogP contribution is -2.16. The van der Waals surface area contributed by atoms with E-state index in [2.05, 4.69) is 36.5 Å². The van der Waals surface area contributed by atoms with E-state index in [0.29, 0.717) is 12.3 Å². The maximum absolute atomic E-state index is 8.64. The molecule has 1 N–H and O–H groups in total. The highest BCUT2D eigenvalue weighted by Gasteiger charge is 2.01. The fraction of sp³-hybridized carbons (Fsp3) is 0.267. The quantitative estimate of drug-likeness (QED) is 0.817. The summed E-state index contributed by atoms with van der Waals surface area (Å²) in [5.74, 6) is 1.17. The van der Waals surface area contributed by atoms with Crippen LogP contribution < -0.4 is 5.32 Å². The lowest BCUT2D eigenvalue weighted by atomic mass is 10.1. The van der Waals surface area contributed by atoms with Crippen LogP contribution in [0.3, 0.4) is 0 Å². The predicted molar refractivity (Wildman–Crippen MR) is 70.0 cm³/mol. The molecule has 0 aliphatic carbocycles. The number of nitrogens with one attached hydrogen (secondary N) is 1. The zero-order valence-electron chi connectivity index (χ0n) is 10.4. The van der Waals surface area contributed by atoms with Crippen molar-refractivity contribution in [1.29, 1.82) is 5.26 Å². The van der Waals surface area contributed by atoms with Crippen molar-refractivity contribution >= 4 is 0 Å². The Bertz CT molecular complexity index is 552. The second-order valence-electron chi connectivity index (χ2n) is 4.23. The highest BCUT2D eigenvalue weighted by molar-refractivity contribution is 5.25. The lowest BCUT2D eigenvalue weighted by Gasteiger charge is -2.06. The predicted octanol–water partition coefficient (Wildman–Crippen LogP) is 2.79. The van der Waals surface area contributed by atoms with Gasteiger partial charge in [-0.15, -0.1) is 0 Å². The van der Waals surface area contributed by atoms with Gasteiger partial charge in [0.25, 0.3) is 0 Å². The largest absolute Gasteiger partial charge is 0.449 e. The Hall–Kier alpha value is -2.05. The van der Waals surface area contributed by atoms with Gasteiger partial charge in [0, 0.05) is 0 Å². The van der Waals surface area contributed by atoms with Crippen molar-refractivity contribution in [3.8, 4) is 6.07 Å². The minimum Gasteiger partial charge on any atom is -0.449 e. The van der Waals surface area contributed by atoms with Gasteiger partial charge in [0.2, 0.25) is 5.76 Å². The van der Waals surface area contributed by atoms with Crippen LogP contribution in [0.15, 0.2) is 40.8 Å². The first-order chi connectivity index (χ1) is 8.79. The van der Waals surface area contributed by atoms with Gasteiger partial charge in [-0.2, -0.15) is 5.26 Å². The van der Waals surface area contributed by atoms with Crippen molar-refractivity contribution in [2.45, 2.75) is 19.9 Å².